The Morgan fingerprint density at radius 3 is 2.62 bits per heavy atom. The van der Waals surface area contributed by atoms with Gasteiger partial charge in [-0.15, -0.1) is 0 Å². The highest BCUT2D eigenvalue weighted by atomic mass is 32.2. The van der Waals surface area contributed by atoms with Crippen LogP contribution in [-0.4, -0.2) is 64.6 Å². The summed E-state index contributed by atoms with van der Waals surface area (Å²) in [6.45, 7) is 4.47. The highest BCUT2D eigenvalue weighted by molar-refractivity contribution is 7.99. The summed E-state index contributed by atoms with van der Waals surface area (Å²) in [6.07, 6.45) is 3.41. The van der Waals surface area contributed by atoms with Gasteiger partial charge in [0.05, 0.1) is 13.2 Å². The second-order valence-electron chi connectivity index (χ2n) is 7.41. The number of morpholine rings is 1. The first-order valence-electron chi connectivity index (χ1n) is 10.8. The van der Waals surface area contributed by atoms with Crippen LogP contribution in [-0.2, 0) is 11.3 Å². The van der Waals surface area contributed by atoms with Crippen molar-refractivity contribution in [3.63, 3.8) is 0 Å². The molecule has 1 fully saturated rings. The highest BCUT2D eigenvalue weighted by Crippen LogP contribution is 2.31. The predicted molar refractivity (Wildman–Crippen MR) is 132 cm³/mol. The van der Waals surface area contributed by atoms with Crippen LogP contribution in [0.4, 0.5) is 11.8 Å². The van der Waals surface area contributed by atoms with Crippen LogP contribution in [0.2, 0.25) is 0 Å². The molecule has 34 heavy (non-hydrogen) atoms. The molecule has 2 aliphatic heterocycles. The van der Waals surface area contributed by atoms with Crippen LogP contribution in [0.1, 0.15) is 5.56 Å². The Bertz CT molecular complexity index is 1150. The molecule has 2 aromatic heterocycles. The summed E-state index contributed by atoms with van der Waals surface area (Å²) in [5, 5.41) is 8.06. The van der Waals surface area contributed by atoms with Crippen LogP contribution in [0.3, 0.4) is 0 Å². The van der Waals surface area contributed by atoms with Crippen molar-refractivity contribution in [2.24, 2.45) is 0 Å². The molecule has 3 aromatic rings. The van der Waals surface area contributed by atoms with Crippen LogP contribution >= 0.6 is 24.0 Å². The minimum Gasteiger partial charge on any atom is -0.486 e. The fraction of sp³-hybridized carbons (Fsp3) is 0.318. The fourth-order valence-electron chi connectivity index (χ4n) is 3.43. The Morgan fingerprint density at radius 2 is 1.79 bits per heavy atom. The van der Waals surface area contributed by atoms with Crippen LogP contribution in [0.5, 0.6) is 11.5 Å². The van der Waals surface area contributed by atoms with E-state index >= 15 is 0 Å². The van der Waals surface area contributed by atoms with Gasteiger partial charge in [0.25, 0.3) is 0 Å². The minimum atomic E-state index is 0.405. The van der Waals surface area contributed by atoms with Crippen molar-refractivity contribution < 1.29 is 14.2 Å². The van der Waals surface area contributed by atoms with E-state index in [1.807, 2.05) is 24.3 Å². The van der Waals surface area contributed by atoms with E-state index in [0.717, 1.165) is 41.0 Å². The summed E-state index contributed by atoms with van der Waals surface area (Å²) >= 11 is 6.88. The fourth-order valence-corrected chi connectivity index (χ4v) is 4.31. The molecule has 10 nitrogen and oxygen atoms in total. The molecule has 0 unspecified atom stereocenters. The number of fused-ring (bicyclic) bond motifs is 1. The number of anilines is 2. The van der Waals surface area contributed by atoms with Gasteiger partial charge in [-0.3, -0.25) is 0 Å². The van der Waals surface area contributed by atoms with Gasteiger partial charge >= 0.3 is 0 Å². The Kier molecular flexibility index (Phi) is 7.17. The largest absolute Gasteiger partial charge is 0.486 e. The molecule has 0 aliphatic carbocycles. The van der Waals surface area contributed by atoms with Crippen LogP contribution in [0.25, 0.3) is 0 Å². The molecule has 0 saturated carbocycles. The van der Waals surface area contributed by atoms with E-state index in [-0.39, 0.29) is 0 Å². The summed E-state index contributed by atoms with van der Waals surface area (Å²) < 4.78 is 16.7. The van der Waals surface area contributed by atoms with E-state index in [0.29, 0.717) is 49.2 Å². The zero-order valence-corrected chi connectivity index (χ0v) is 19.9. The molecule has 0 radical (unpaired) electrons. The van der Waals surface area contributed by atoms with Gasteiger partial charge in [-0.25, -0.2) is 15.0 Å². The lowest BCUT2D eigenvalue weighted by atomic mass is 10.2. The number of aromatic nitrogens is 4. The first kappa shape index (κ1) is 22.6. The smallest absolute Gasteiger partial charge is 0.232 e. The second kappa shape index (κ2) is 10.8. The third-order valence-corrected chi connectivity index (χ3v) is 6.11. The van der Waals surface area contributed by atoms with Crippen molar-refractivity contribution in [2.75, 3.05) is 49.7 Å². The second-order valence-corrected chi connectivity index (χ2v) is 8.80. The van der Waals surface area contributed by atoms with Gasteiger partial charge < -0.3 is 29.7 Å². The Labute approximate surface area is 206 Å². The Hall–Kier alpha value is -3.22. The maximum atomic E-state index is 5.65. The Morgan fingerprint density at radius 1 is 1.00 bits per heavy atom. The number of nitrogens with zero attached hydrogens (tertiary/aromatic N) is 5. The number of ether oxygens (including phenoxy) is 3. The molecular weight excluding hydrogens is 474 g/mol. The average Bonchev–Trinajstić information content (AvgIpc) is 2.88. The standard InChI is InChI=1S/C22H23N7O3S2/c33-21(25-14-15-2-3-16-17(12-15)32-11-10-31-16)28-20-26-18(29-6-8-30-9-7-29)13-19(27-20)34-22-23-4-1-5-24-22/h1-5,12-13H,6-11,14H2,(H2,25,26,27,28,33). The lowest BCUT2D eigenvalue weighted by Gasteiger charge is -2.28. The number of benzene rings is 1. The van der Waals surface area contributed by atoms with Crippen molar-refractivity contribution >= 4 is 40.9 Å². The maximum absolute atomic E-state index is 5.65. The van der Waals surface area contributed by atoms with E-state index in [1.165, 1.54) is 11.8 Å². The summed E-state index contributed by atoms with van der Waals surface area (Å²) in [5.41, 5.74) is 1.02. The maximum Gasteiger partial charge on any atom is 0.232 e. The molecule has 2 N–H and O–H groups in total. The average molecular weight is 498 g/mol. The molecule has 176 valence electrons. The number of rotatable bonds is 6. The molecule has 0 spiro atoms. The van der Waals surface area contributed by atoms with Crippen molar-refractivity contribution in [3.8, 4) is 11.5 Å². The van der Waals surface area contributed by atoms with Crippen LogP contribution in [0.15, 0.2) is 52.9 Å². The zero-order valence-electron chi connectivity index (χ0n) is 18.3. The normalized spacial score (nSPS) is 15.0. The molecule has 2 aliphatic rings. The summed E-state index contributed by atoms with van der Waals surface area (Å²) in [5.74, 6) is 2.71. The molecular formula is C22H23N7O3S2. The molecule has 5 rings (SSSR count). The lowest BCUT2D eigenvalue weighted by molar-refractivity contribution is 0.122. The lowest BCUT2D eigenvalue weighted by Crippen LogP contribution is -2.37. The van der Waals surface area contributed by atoms with Crippen molar-refractivity contribution in [1.82, 2.24) is 25.3 Å². The molecule has 0 bridgehead atoms. The highest BCUT2D eigenvalue weighted by Gasteiger charge is 2.17. The first-order valence-corrected chi connectivity index (χ1v) is 12.1. The van der Waals surface area contributed by atoms with E-state index in [1.54, 1.807) is 18.5 Å². The van der Waals surface area contributed by atoms with E-state index in [9.17, 15) is 0 Å². The van der Waals surface area contributed by atoms with Gasteiger partial charge in [-0.1, -0.05) is 6.07 Å². The monoisotopic (exact) mass is 497 g/mol. The van der Waals surface area contributed by atoms with E-state index in [2.05, 4.69) is 35.5 Å². The third-order valence-electron chi connectivity index (χ3n) is 5.05. The first-order chi connectivity index (χ1) is 16.7. The zero-order chi connectivity index (χ0) is 23.2. The topological polar surface area (TPSA) is 107 Å². The summed E-state index contributed by atoms with van der Waals surface area (Å²) in [7, 11) is 0. The number of hydrogen-bond acceptors (Lipinski definition) is 10. The molecule has 0 amide bonds. The molecule has 1 saturated heterocycles. The van der Waals surface area contributed by atoms with Gasteiger partial charge in [0.15, 0.2) is 21.8 Å². The SMILES string of the molecule is S=C(NCc1ccc2c(c1)OCCO2)Nc1nc(Sc2ncccn2)cc(N2CCOCC2)n1. The van der Waals surface area contributed by atoms with Crippen molar-refractivity contribution in [1.29, 1.82) is 0 Å². The Balaban J connectivity index is 1.28. The van der Waals surface area contributed by atoms with Crippen LogP contribution < -0.4 is 25.0 Å². The molecule has 4 heterocycles. The van der Waals surface area contributed by atoms with Crippen molar-refractivity contribution in [3.05, 3.63) is 48.3 Å². The predicted octanol–water partition coefficient (Wildman–Crippen LogP) is 2.51. The summed E-state index contributed by atoms with van der Waals surface area (Å²) in [4.78, 5) is 20.0. The van der Waals surface area contributed by atoms with Gasteiger partial charge in [-0.2, -0.15) is 4.98 Å². The molecule has 0 atom stereocenters. The molecule has 12 heteroatoms. The van der Waals surface area contributed by atoms with Gasteiger partial charge in [0, 0.05) is 38.1 Å². The number of nitrogens with one attached hydrogen (secondary N) is 2. The summed E-state index contributed by atoms with van der Waals surface area (Å²) in [6, 6.07) is 9.55. The third kappa shape index (κ3) is 5.82. The van der Waals surface area contributed by atoms with Gasteiger partial charge in [-0.05, 0) is 47.7 Å². The quantitative estimate of drug-likeness (QED) is 0.297. The van der Waals surface area contributed by atoms with Gasteiger partial charge in [0.2, 0.25) is 5.95 Å². The minimum absolute atomic E-state index is 0.405. The van der Waals surface area contributed by atoms with E-state index < -0.39 is 0 Å². The van der Waals surface area contributed by atoms with Crippen LogP contribution in [0, 0.1) is 0 Å². The molecule has 1 aromatic carbocycles. The van der Waals surface area contributed by atoms with E-state index in [4.69, 9.17) is 26.4 Å². The van der Waals surface area contributed by atoms with Gasteiger partial charge in [0.1, 0.15) is 24.1 Å². The number of hydrogen-bond donors (Lipinski definition) is 2. The number of thiocarbonyl (C=S) groups is 1. The van der Waals surface area contributed by atoms with Crippen molar-refractivity contribution in [2.45, 2.75) is 16.7 Å².